The Bertz CT molecular complexity index is 391. The minimum absolute atomic E-state index is 0.774. The molecule has 2 heteroatoms. The zero-order chi connectivity index (χ0) is 21.3. The highest BCUT2D eigenvalue weighted by Gasteiger charge is 2.30. The van der Waals surface area contributed by atoms with Gasteiger partial charge in [0.25, 0.3) is 0 Å². The van der Waals surface area contributed by atoms with Crippen LogP contribution in [0.1, 0.15) is 161 Å². The summed E-state index contributed by atoms with van der Waals surface area (Å²) in [6.45, 7) is 2.30. The van der Waals surface area contributed by atoms with Gasteiger partial charge < -0.3 is 4.90 Å². The predicted octanol–water partition coefficient (Wildman–Crippen LogP) is 9.76. The van der Waals surface area contributed by atoms with Crippen molar-refractivity contribution >= 4 is 17.2 Å². The molecular weight excluding hydrogens is 382 g/mol. The van der Waals surface area contributed by atoms with Crippen molar-refractivity contribution in [2.75, 3.05) is 0 Å². The highest BCUT2D eigenvalue weighted by atomic mass is 32.1. The molecule has 0 heterocycles. The van der Waals surface area contributed by atoms with Crippen LogP contribution in [0.25, 0.3) is 0 Å². The largest absolute Gasteiger partial charge is 0.360 e. The van der Waals surface area contributed by atoms with E-state index in [0.717, 1.165) is 12.1 Å². The normalized spacial score (nSPS) is 18.6. The van der Waals surface area contributed by atoms with E-state index in [0.29, 0.717) is 0 Å². The summed E-state index contributed by atoms with van der Waals surface area (Å²) in [6, 6.07) is 1.55. The van der Waals surface area contributed by atoms with Crippen LogP contribution < -0.4 is 0 Å². The van der Waals surface area contributed by atoms with Gasteiger partial charge in [-0.25, -0.2) is 0 Å². The smallest absolute Gasteiger partial charge is 0.0784 e. The van der Waals surface area contributed by atoms with E-state index in [2.05, 4.69) is 11.8 Å². The van der Waals surface area contributed by atoms with E-state index in [4.69, 9.17) is 12.2 Å². The van der Waals surface area contributed by atoms with Crippen molar-refractivity contribution in [2.24, 2.45) is 0 Å². The standard InChI is InChI=1S/C28H53NS/c1-2-3-4-5-6-7-8-9-10-11-12-13-20-25-28(30)29(26-21-16-14-17-22-26)27-23-18-15-19-24-27/h26-27H,2-25H2,1H3. The molecule has 0 amide bonds. The van der Waals surface area contributed by atoms with Crippen LogP contribution in [0.5, 0.6) is 0 Å². The van der Waals surface area contributed by atoms with Crippen LogP contribution in [0.2, 0.25) is 0 Å². The van der Waals surface area contributed by atoms with Crippen LogP contribution >= 0.6 is 12.2 Å². The van der Waals surface area contributed by atoms with E-state index in [1.165, 1.54) is 159 Å². The first-order valence-electron chi connectivity index (χ1n) is 14.1. The van der Waals surface area contributed by atoms with Gasteiger partial charge in [-0.3, -0.25) is 0 Å². The van der Waals surface area contributed by atoms with Crippen LogP contribution in [0.15, 0.2) is 0 Å². The molecule has 0 bridgehead atoms. The van der Waals surface area contributed by atoms with Gasteiger partial charge in [-0.15, -0.1) is 0 Å². The fourth-order valence-electron chi connectivity index (χ4n) is 5.85. The fraction of sp³-hybridized carbons (Fsp3) is 0.964. The van der Waals surface area contributed by atoms with Crippen molar-refractivity contribution in [2.45, 2.75) is 173 Å². The number of rotatable bonds is 16. The third-order valence-corrected chi connectivity index (χ3v) is 8.13. The van der Waals surface area contributed by atoms with Crippen LogP contribution in [-0.4, -0.2) is 22.0 Å². The topological polar surface area (TPSA) is 3.24 Å². The van der Waals surface area contributed by atoms with Crippen LogP contribution in [0, 0.1) is 0 Å². The molecule has 2 saturated carbocycles. The molecule has 30 heavy (non-hydrogen) atoms. The second-order valence-electron chi connectivity index (χ2n) is 10.4. The minimum atomic E-state index is 0.774. The van der Waals surface area contributed by atoms with Crippen molar-refractivity contribution in [1.29, 1.82) is 0 Å². The molecular formula is C28H53NS. The van der Waals surface area contributed by atoms with Gasteiger partial charge in [0.1, 0.15) is 0 Å². The molecule has 2 aliphatic carbocycles. The summed E-state index contributed by atoms with van der Waals surface area (Å²) in [4.78, 5) is 4.12. The Morgan fingerprint density at radius 1 is 0.567 bits per heavy atom. The highest BCUT2D eigenvalue weighted by molar-refractivity contribution is 7.80. The van der Waals surface area contributed by atoms with E-state index < -0.39 is 0 Å². The molecule has 0 unspecified atom stereocenters. The lowest BCUT2D eigenvalue weighted by molar-refractivity contribution is 0.157. The van der Waals surface area contributed by atoms with Crippen molar-refractivity contribution in [3.05, 3.63) is 0 Å². The van der Waals surface area contributed by atoms with Crippen LogP contribution in [-0.2, 0) is 0 Å². The van der Waals surface area contributed by atoms with Gasteiger partial charge in [-0.1, -0.05) is 135 Å². The van der Waals surface area contributed by atoms with Gasteiger partial charge >= 0.3 is 0 Å². The molecule has 176 valence electrons. The maximum absolute atomic E-state index is 6.05. The lowest BCUT2D eigenvalue weighted by Crippen LogP contribution is -2.48. The Morgan fingerprint density at radius 3 is 1.33 bits per heavy atom. The number of thiocarbonyl (C=S) groups is 1. The SMILES string of the molecule is CCCCCCCCCCCCCCCC(=S)N(C1CCCCC1)C1CCCCC1. The quantitative estimate of drug-likeness (QED) is 0.175. The lowest BCUT2D eigenvalue weighted by Gasteiger charge is -2.43. The maximum Gasteiger partial charge on any atom is 0.0784 e. The molecule has 0 aliphatic heterocycles. The first kappa shape index (κ1) is 26.1. The first-order chi connectivity index (χ1) is 14.8. The van der Waals surface area contributed by atoms with Gasteiger partial charge in [0, 0.05) is 12.1 Å². The fourth-order valence-corrected chi connectivity index (χ4v) is 6.29. The van der Waals surface area contributed by atoms with Gasteiger partial charge in [0.15, 0.2) is 0 Å². The monoisotopic (exact) mass is 435 g/mol. The van der Waals surface area contributed by atoms with E-state index >= 15 is 0 Å². The third kappa shape index (κ3) is 11.0. The molecule has 0 aromatic carbocycles. The van der Waals surface area contributed by atoms with Crippen LogP contribution in [0.4, 0.5) is 0 Å². The number of nitrogens with zero attached hydrogens (tertiary/aromatic N) is 1. The molecule has 0 saturated heterocycles. The summed E-state index contributed by atoms with van der Waals surface area (Å²) in [5.74, 6) is 0. The second kappa shape index (κ2) is 17.4. The Labute approximate surface area is 195 Å². The summed E-state index contributed by atoms with van der Waals surface area (Å²) >= 11 is 6.05. The predicted molar refractivity (Wildman–Crippen MR) is 138 cm³/mol. The van der Waals surface area contributed by atoms with Crippen LogP contribution in [0.3, 0.4) is 0 Å². The Hall–Kier alpha value is -0.110. The average Bonchev–Trinajstić information content (AvgIpc) is 2.78. The third-order valence-electron chi connectivity index (χ3n) is 7.72. The molecule has 2 aliphatic rings. The first-order valence-corrected chi connectivity index (χ1v) is 14.5. The summed E-state index contributed by atoms with van der Waals surface area (Å²) in [7, 11) is 0. The summed E-state index contributed by atoms with van der Waals surface area (Å²) in [5.41, 5.74) is 0. The summed E-state index contributed by atoms with van der Waals surface area (Å²) in [5, 5.41) is 0. The number of hydrogen-bond donors (Lipinski definition) is 0. The molecule has 0 spiro atoms. The number of hydrogen-bond acceptors (Lipinski definition) is 1. The summed E-state index contributed by atoms with van der Waals surface area (Å²) < 4.78 is 0. The molecule has 2 fully saturated rings. The zero-order valence-corrected chi connectivity index (χ0v) is 21.3. The van der Waals surface area contributed by atoms with E-state index in [9.17, 15) is 0 Å². The minimum Gasteiger partial charge on any atom is -0.360 e. The van der Waals surface area contributed by atoms with Crippen molar-refractivity contribution in [3.8, 4) is 0 Å². The van der Waals surface area contributed by atoms with Crippen molar-refractivity contribution < 1.29 is 0 Å². The van der Waals surface area contributed by atoms with E-state index in [1.54, 1.807) is 0 Å². The number of unbranched alkanes of at least 4 members (excludes halogenated alkanes) is 12. The molecule has 1 nitrogen and oxygen atoms in total. The Morgan fingerprint density at radius 2 is 0.933 bits per heavy atom. The second-order valence-corrected chi connectivity index (χ2v) is 10.8. The van der Waals surface area contributed by atoms with Gasteiger partial charge in [-0.05, 0) is 38.5 Å². The van der Waals surface area contributed by atoms with Gasteiger partial charge in [0.05, 0.1) is 4.99 Å². The molecule has 0 radical (unpaired) electrons. The summed E-state index contributed by atoms with van der Waals surface area (Å²) in [6.07, 6.45) is 34.0. The van der Waals surface area contributed by atoms with Crippen molar-refractivity contribution in [3.63, 3.8) is 0 Å². The lowest BCUT2D eigenvalue weighted by atomic mass is 9.88. The maximum atomic E-state index is 6.05. The average molecular weight is 436 g/mol. The van der Waals surface area contributed by atoms with E-state index in [-0.39, 0.29) is 0 Å². The van der Waals surface area contributed by atoms with Gasteiger partial charge in [0.2, 0.25) is 0 Å². The van der Waals surface area contributed by atoms with E-state index in [1.807, 2.05) is 0 Å². The molecule has 0 aromatic heterocycles. The molecule has 0 N–H and O–H groups in total. The van der Waals surface area contributed by atoms with Gasteiger partial charge in [-0.2, -0.15) is 0 Å². The highest BCUT2D eigenvalue weighted by Crippen LogP contribution is 2.31. The molecule has 0 atom stereocenters. The Kier molecular flexibility index (Phi) is 15.2. The molecule has 0 aromatic rings. The molecule has 2 rings (SSSR count). The van der Waals surface area contributed by atoms with Crippen molar-refractivity contribution in [1.82, 2.24) is 4.90 Å². The Balaban J connectivity index is 1.52. The zero-order valence-electron chi connectivity index (χ0n) is 20.5.